The van der Waals surface area contributed by atoms with Crippen LogP contribution in [0.3, 0.4) is 0 Å². The molecule has 5 fully saturated rings. The minimum absolute atomic E-state index is 0.108. The SMILES string of the molecule is O=C1CCC(N2C(=O)c3ccc(N4CC(CN5CC6C(CN7CCN8c9cc(-c%10ccccc%10O)nnc9NC[C@H]8C7)[C@@H]6C5)C4)cc3C2=O)C(=O)N1. The van der Waals surface area contributed by atoms with E-state index in [2.05, 4.69) is 46.5 Å². The summed E-state index contributed by atoms with van der Waals surface area (Å²) in [7, 11) is 0. The molecule has 2 aromatic carbocycles. The van der Waals surface area contributed by atoms with Crippen LogP contribution in [0.15, 0.2) is 48.5 Å². The molecule has 10 rings (SSSR count). The first-order chi connectivity index (χ1) is 25.3. The molecular weight excluding hydrogens is 662 g/mol. The van der Waals surface area contributed by atoms with Crippen LogP contribution in [0.1, 0.15) is 33.6 Å². The first kappa shape index (κ1) is 31.6. The van der Waals surface area contributed by atoms with Crippen LogP contribution >= 0.6 is 0 Å². The van der Waals surface area contributed by atoms with Crippen LogP contribution in [-0.2, 0) is 9.59 Å². The van der Waals surface area contributed by atoms with Crippen LogP contribution in [0.5, 0.6) is 5.75 Å². The standard InChI is InChI=1S/C38H41N9O5/c48-33-4-2-1-3-25(33)30-12-32-35(42-41-30)39-13-23-17-43(9-10-46(23)32)18-27-28-19-44(20-29(27)28)14-21-15-45(16-21)22-5-6-24-26(11-22)38(52)47(37(24)51)31-7-8-34(49)40-36(31)50/h1-6,11-12,21,23,27-29,31,48H,7-10,13-20H2,(H,39,42)(H,40,49,50)/t23-,27?,28-,29?,31?/m0/s1. The van der Waals surface area contributed by atoms with Gasteiger partial charge in [0.2, 0.25) is 11.8 Å². The minimum Gasteiger partial charge on any atom is -0.507 e. The number of benzene rings is 2. The molecule has 5 atom stereocenters. The van der Waals surface area contributed by atoms with Crippen LogP contribution in [0.2, 0.25) is 0 Å². The molecule has 1 aliphatic carbocycles. The summed E-state index contributed by atoms with van der Waals surface area (Å²) in [5.41, 5.74) is 4.02. The van der Waals surface area contributed by atoms with Gasteiger partial charge in [-0.05, 0) is 60.6 Å². The van der Waals surface area contributed by atoms with Gasteiger partial charge < -0.3 is 25.1 Å². The van der Waals surface area contributed by atoms with E-state index >= 15 is 0 Å². The fourth-order valence-electron chi connectivity index (χ4n) is 9.71. The number of hydrogen-bond donors (Lipinski definition) is 3. The van der Waals surface area contributed by atoms with E-state index < -0.39 is 23.8 Å². The molecule has 3 unspecified atom stereocenters. The third-order valence-corrected chi connectivity index (χ3v) is 12.5. The fraction of sp³-hybridized carbons (Fsp3) is 0.474. The molecule has 4 saturated heterocycles. The Kier molecular flexibility index (Phi) is 7.29. The van der Waals surface area contributed by atoms with Gasteiger partial charge in [-0.2, -0.15) is 0 Å². The second-order valence-electron chi connectivity index (χ2n) is 15.6. The van der Waals surface area contributed by atoms with Crippen molar-refractivity contribution < 1.29 is 24.3 Å². The summed E-state index contributed by atoms with van der Waals surface area (Å²) in [5, 5.41) is 25.0. The summed E-state index contributed by atoms with van der Waals surface area (Å²) >= 11 is 0. The Morgan fingerprint density at radius 2 is 1.62 bits per heavy atom. The van der Waals surface area contributed by atoms with Crippen LogP contribution in [-0.4, -0.2) is 131 Å². The fourth-order valence-corrected chi connectivity index (χ4v) is 9.71. The summed E-state index contributed by atoms with van der Waals surface area (Å²) in [4.78, 5) is 61.4. The molecule has 1 saturated carbocycles. The van der Waals surface area contributed by atoms with Gasteiger partial charge in [0.15, 0.2) is 5.82 Å². The van der Waals surface area contributed by atoms with E-state index in [4.69, 9.17) is 0 Å². The van der Waals surface area contributed by atoms with Crippen molar-refractivity contribution in [3.8, 4) is 17.0 Å². The Morgan fingerprint density at radius 3 is 2.42 bits per heavy atom. The predicted molar refractivity (Wildman–Crippen MR) is 191 cm³/mol. The van der Waals surface area contributed by atoms with Crippen molar-refractivity contribution in [1.29, 1.82) is 0 Å². The van der Waals surface area contributed by atoms with Crippen molar-refractivity contribution in [3.63, 3.8) is 0 Å². The number of piperazine rings is 1. The molecule has 52 heavy (non-hydrogen) atoms. The van der Waals surface area contributed by atoms with Crippen molar-refractivity contribution >= 4 is 40.8 Å². The van der Waals surface area contributed by atoms with Gasteiger partial charge in [0, 0.05) is 89.0 Å². The molecule has 4 amide bonds. The van der Waals surface area contributed by atoms with E-state index in [9.17, 15) is 24.3 Å². The summed E-state index contributed by atoms with van der Waals surface area (Å²) in [5.74, 6) is 2.02. The second kappa shape index (κ2) is 12.0. The highest BCUT2D eigenvalue weighted by molar-refractivity contribution is 6.23. The van der Waals surface area contributed by atoms with Crippen molar-refractivity contribution in [1.82, 2.24) is 30.2 Å². The van der Waals surface area contributed by atoms with Gasteiger partial charge in [0.25, 0.3) is 11.8 Å². The highest BCUT2D eigenvalue weighted by Crippen LogP contribution is 2.52. The second-order valence-corrected chi connectivity index (χ2v) is 15.6. The molecule has 14 heteroatoms. The maximum atomic E-state index is 13.3. The Balaban J connectivity index is 0.695. The lowest BCUT2D eigenvalue weighted by atomic mass is 9.97. The zero-order valence-electron chi connectivity index (χ0n) is 28.8. The number of fused-ring (bicyclic) bond motifs is 5. The number of aromatic nitrogens is 2. The summed E-state index contributed by atoms with van der Waals surface area (Å²) in [6.07, 6.45) is 0.262. The summed E-state index contributed by atoms with van der Waals surface area (Å²) in [6.45, 7) is 10.3. The molecular formula is C38H41N9O5. The van der Waals surface area contributed by atoms with E-state index in [1.165, 1.54) is 13.1 Å². The Hall–Kier alpha value is -5.08. The van der Waals surface area contributed by atoms with Crippen LogP contribution in [0, 0.1) is 23.7 Å². The first-order valence-corrected chi connectivity index (χ1v) is 18.5. The third kappa shape index (κ3) is 5.21. The van der Waals surface area contributed by atoms with E-state index in [1.54, 1.807) is 18.2 Å². The lowest BCUT2D eigenvalue weighted by Crippen LogP contribution is -2.58. The monoisotopic (exact) mass is 703 g/mol. The van der Waals surface area contributed by atoms with Crippen molar-refractivity contribution in [2.24, 2.45) is 23.7 Å². The molecule has 7 heterocycles. The largest absolute Gasteiger partial charge is 0.507 e. The number of anilines is 3. The number of piperidine rings is 2. The number of hydrogen-bond acceptors (Lipinski definition) is 12. The Bertz CT molecular complexity index is 2010. The Labute approximate surface area is 300 Å². The van der Waals surface area contributed by atoms with Gasteiger partial charge >= 0.3 is 0 Å². The average molecular weight is 704 g/mol. The lowest BCUT2D eigenvalue weighted by molar-refractivity contribution is -0.136. The van der Waals surface area contributed by atoms with Gasteiger partial charge in [-0.1, -0.05) is 12.1 Å². The first-order valence-electron chi connectivity index (χ1n) is 18.5. The smallest absolute Gasteiger partial charge is 0.262 e. The normalized spacial score (nSPS) is 28.5. The number of likely N-dealkylation sites (tertiary alicyclic amines) is 1. The molecule has 3 N–H and O–H groups in total. The summed E-state index contributed by atoms with van der Waals surface area (Å²) < 4.78 is 0. The maximum Gasteiger partial charge on any atom is 0.262 e. The number of para-hydroxylation sites is 1. The van der Waals surface area contributed by atoms with Crippen LogP contribution in [0.4, 0.5) is 17.2 Å². The lowest BCUT2D eigenvalue weighted by Gasteiger charge is -2.46. The molecule has 14 nitrogen and oxygen atoms in total. The van der Waals surface area contributed by atoms with E-state index in [1.807, 2.05) is 24.3 Å². The van der Waals surface area contributed by atoms with E-state index in [0.717, 1.165) is 92.2 Å². The number of carbonyl (C=O) groups is 4. The number of nitrogens with zero attached hydrogens (tertiary/aromatic N) is 7. The number of aromatic hydroxyl groups is 1. The molecule has 0 radical (unpaired) electrons. The van der Waals surface area contributed by atoms with Gasteiger partial charge in [0.1, 0.15) is 11.8 Å². The van der Waals surface area contributed by atoms with Gasteiger partial charge in [0.05, 0.1) is 28.6 Å². The average Bonchev–Trinajstić information content (AvgIpc) is 3.44. The number of phenolic OH excluding ortho intramolecular Hbond substituents is 1. The quantitative estimate of drug-likeness (QED) is 0.306. The summed E-state index contributed by atoms with van der Waals surface area (Å²) in [6, 6.07) is 14.1. The molecule has 6 aliphatic heterocycles. The van der Waals surface area contributed by atoms with Gasteiger partial charge in [-0.25, -0.2) is 0 Å². The number of carbonyl (C=O) groups excluding carboxylic acids is 4. The van der Waals surface area contributed by atoms with Crippen molar-refractivity contribution in [3.05, 3.63) is 59.7 Å². The van der Waals surface area contributed by atoms with Crippen molar-refractivity contribution in [2.45, 2.75) is 24.9 Å². The molecule has 0 spiro atoms. The molecule has 268 valence electrons. The van der Waals surface area contributed by atoms with Crippen molar-refractivity contribution in [2.75, 3.05) is 80.6 Å². The zero-order valence-corrected chi connectivity index (χ0v) is 28.8. The molecule has 1 aromatic heterocycles. The number of rotatable bonds is 7. The predicted octanol–water partition coefficient (Wildman–Crippen LogP) is 1.48. The number of amides is 4. The number of nitrogens with one attached hydrogen (secondary N) is 2. The van der Waals surface area contributed by atoms with E-state index in [0.29, 0.717) is 34.3 Å². The molecule has 0 bridgehead atoms. The topological polar surface area (TPSA) is 155 Å². The van der Waals surface area contributed by atoms with Gasteiger partial charge in [-0.15, -0.1) is 10.2 Å². The number of phenols is 1. The van der Waals surface area contributed by atoms with E-state index in [-0.39, 0.29) is 24.5 Å². The zero-order chi connectivity index (χ0) is 35.2. The highest BCUT2D eigenvalue weighted by Gasteiger charge is 2.56. The van der Waals surface area contributed by atoms with Crippen LogP contribution in [0.25, 0.3) is 11.3 Å². The van der Waals surface area contributed by atoms with Crippen LogP contribution < -0.4 is 20.4 Å². The van der Waals surface area contributed by atoms with Gasteiger partial charge in [-0.3, -0.25) is 34.3 Å². The highest BCUT2D eigenvalue weighted by atomic mass is 16.3. The maximum absolute atomic E-state index is 13.3. The number of imide groups is 2. The third-order valence-electron chi connectivity index (χ3n) is 12.5. The molecule has 7 aliphatic rings. The molecule has 3 aromatic rings. The minimum atomic E-state index is -0.951. The Morgan fingerprint density at radius 1 is 0.808 bits per heavy atom.